The molecule has 0 atom stereocenters. The number of carbonyl (C=O) groups excluding carboxylic acids is 1. The van der Waals surface area contributed by atoms with Gasteiger partial charge in [-0.3, -0.25) is 4.79 Å². The molecule has 0 unspecified atom stereocenters. The molecule has 28 heavy (non-hydrogen) atoms. The van der Waals surface area contributed by atoms with E-state index in [2.05, 4.69) is 23.3 Å². The van der Waals surface area contributed by atoms with Crippen LogP contribution in [0.25, 0.3) is 11.0 Å². The lowest BCUT2D eigenvalue weighted by molar-refractivity contribution is -0.880. The summed E-state index contributed by atoms with van der Waals surface area (Å²) in [4.78, 5) is 16.6. The van der Waals surface area contributed by atoms with Crippen molar-refractivity contribution in [2.24, 2.45) is 0 Å². The molecule has 0 bridgehead atoms. The van der Waals surface area contributed by atoms with E-state index in [9.17, 15) is 4.79 Å². The molecule has 1 saturated heterocycles. The van der Waals surface area contributed by atoms with Gasteiger partial charge in [-0.25, -0.2) is 0 Å². The molecule has 4 rings (SSSR count). The quantitative estimate of drug-likeness (QED) is 0.711. The normalized spacial score (nSPS) is 15.0. The Balaban J connectivity index is 1.49. The minimum atomic E-state index is -0.0503. The van der Waals surface area contributed by atoms with Gasteiger partial charge in [0, 0.05) is 17.0 Å². The largest absolute Gasteiger partial charge is 0.497 e. The first-order chi connectivity index (χ1) is 13.6. The van der Waals surface area contributed by atoms with Gasteiger partial charge in [-0.1, -0.05) is 12.1 Å². The fourth-order valence-electron chi connectivity index (χ4n) is 3.68. The second-order valence-electron chi connectivity index (χ2n) is 7.31. The predicted octanol–water partition coefficient (Wildman–Crippen LogP) is 1.96. The third kappa shape index (κ3) is 3.82. The zero-order valence-electron chi connectivity index (χ0n) is 16.3. The number of likely N-dealkylation sites (N-methyl/N-ethyl adjacent to an activating group) is 1. The highest BCUT2D eigenvalue weighted by Crippen LogP contribution is 2.28. The molecule has 0 saturated carbocycles. The summed E-state index contributed by atoms with van der Waals surface area (Å²) in [5, 5.41) is 4.03. The van der Waals surface area contributed by atoms with E-state index in [1.165, 1.54) is 0 Å². The van der Waals surface area contributed by atoms with Crippen LogP contribution in [0.1, 0.15) is 5.56 Å². The minimum absolute atomic E-state index is 0.0503. The highest BCUT2D eigenvalue weighted by atomic mass is 16.5. The molecule has 0 radical (unpaired) electrons. The zero-order chi connectivity index (χ0) is 19.5. The molecule has 1 amide bonds. The topological polar surface area (TPSA) is 59.1 Å². The van der Waals surface area contributed by atoms with E-state index in [1.54, 1.807) is 18.3 Å². The molecule has 6 heteroatoms. The third-order valence-corrected chi connectivity index (χ3v) is 5.35. The Kier molecular flexibility index (Phi) is 5.21. The van der Waals surface area contributed by atoms with Crippen molar-refractivity contribution < 1.29 is 18.8 Å². The van der Waals surface area contributed by atoms with E-state index < -0.39 is 0 Å². The number of methoxy groups -OCH3 is 1. The van der Waals surface area contributed by atoms with E-state index in [-0.39, 0.29) is 12.3 Å². The Morgan fingerprint density at radius 3 is 2.79 bits per heavy atom. The summed E-state index contributed by atoms with van der Waals surface area (Å²) in [6.45, 7) is 4.19. The molecule has 2 N–H and O–H groups in total. The molecular formula is C22H26N3O3+. The summed E-state index contributed by atoms with van der Waals surface area (Å²) in [5.74, 6) is 0.687. The van der Waals surface area contributed by atoms with Crippen LogP contribution < -0.4 is 19.9 Å². The summed E-state index contributed by atoms with van der Waals surface area (Å²) in [6, 6.07) is 13.7. The molecule has 6 nitrogen and oxygen atoms in total. The molecule has 0 aliphatic carbocycles. The average molecular weight is 380 g/mol. The van der Waals surface area contributed by atoms with Crippen LogP contribution in [-0.4, -0.2) is 46.2 Å². The first-order valence-corrected chi connectivity index (χ1v) is 9.63. The number of para-hydroxylation sites is 2. The van der Waals surface area contributed by atoms with Gasteiger partial charge in [-0.05, 0) is 24.3 Å². The molecule has 0 spiro atoms. The number of amides is 1. The van der Waals surface area contributed by atoms with Crippen LogP contribution in [0.15, 0.2) is 53.1 Å². The molecule has 1 aromatic heterocycles. The Morgan fingerprint density at radius 2 is 2.00 bits per heavy atom. The monoisotopic (exact) mass is 380 g/mol. The number of quaternary nitrogens is 1. The molecule has 146 valence electrons. The average Bonchev–Trinajstić information content (AvgIpc) is 3.11. The van der Waals surface area contributed by atoms with Gasteiger partial charge in [0.1, 0.15) is 11.3 Å². The zero-order valence-corrected chi connectivity index (χ0v) is 16.3. The van der Waals surface area contributed by atoms with E-state index >= 15 is 0 Å². The maximum atomic E-state index is 12.7. The fourth-order valence-corrected chi connectivity index (χ4v) is 3.68. The maximum Gasteiger partial charge on any atom is 0.228 e. The van der Waals surface area contributed by atoms with E-state index in [0.717, 1.165) is 59.8 Å². The van der Waals surface area contributed by atoms with Crippen molar-refractivity contribution >= 4 is 28.3 Å². The van der Waals surface area contributed by atoms with Crippen LogP contribution in [-0.2, 0) is 11.2 Å². The van der Waals surface area contributed by atoms with E-state index in [1.807, 2.05) is 36.4 Å². The molecule has 2 heterocycles. The van der Waals surface area contributed by atoms with Gasteiger partial charge in [0.2, 0.25) is 5.91 Å². The molecule has 1 aliphatic rings. The third-order valence-electron chi connectivity index (χ3n) is 5.35. The van der Waals surface area contributed by atoms with Crippen molar-refractivity contribution in [3.05, 3.63) is 54.3 Å². The van der Waals surface area contributed by atoms with Gasteiger partial charge in [0.25, 0.3) is 0 Å². The Morgan fingerprint density at radius 1 is 1.21 bits per heavy atom. The van der Waals surface area contributed by atoms with Crippen LogP contribution in [0, 0.1) is 0 Å². The number of hydrogen-bond donors (Lipinski definition) is 2. The van der Waals surface area contributed by atoms with E-state index in [4.69, 9.17) is 9.15 Å². The smallest absolute Gasteiger partial charge is 0.228 e. The van der Waals surface area contributed by atoms with Crippen LogP contribution >= 0.6 is 0 Å². The van der Waals surface area contributed by atoms with Crippen molar-refractivity contribution in [2.75, 3.05) is 50.6 Å². The molecule has 1 fully saturated rings. The van der Waals surface area contributed by atoms with Crippen molar-refractivity contribution in [3.63, 3.8) is 0 Å². The van der Waals surface area contributed by atoms with Crippen molar-refractivity contribution in [1.82, 2.24) is 0 Å². The van der Waals surface area contributed by atoms with Gasteiger partial charge in [0.15, 0.2) is 0 Å². The van der Waals surface area contributed by atoms with Gasteiger partial charge in [0.05, 0.1) is 64.4 Å². The summed E-state index contributed by atoms with van der Waals surface area (Å²) in [6.07, 6.45) is 1.92. The van der Waals surface area contributed by atoms with Crippen molar-refractivity contribution in [1.29, 1.82) is 0 Å². The number of rotatable bonds is 5. The first-order valence-electron chi connectivity index (χ1n) is 9.63. The maximum absolute atomic E-state index is 12.7. The summed E-state index contributed by atoms with van der Waals surface area (Å²) < 4.78 is 10.8. The molecule has 1 aliphatic heterocycles. The Bertz CT molecular complexity index is 974. The minimum Gasteiger partial charge on any atom is -0.497 e. The number of hydrogen-bond acceptors (Lipinski definition) is 4. The lowest BCUT2D eigenvalue weighted by atomic mass is 10.1. The van der Waals surface area contributed by atoms with Gasteiger partial charge in [-0.15, -0.1) is 0 Å². The van der Waals surface area contributed by atoms with Gasteiger partial charge < -0.3 is 24.3 Å². The second kappa shape index (κ2) is 7.94. The Labute approximate surface area is 164 Å². The van der Waals surface area contributed by atoms with Gasteiger partial charge in [-0.2, -0.15) is 0 Å². The number of carbonyl (C=O) groups is 1. The van der Waals surface area contributed by atoms with Crippen LogP contribution in [0.2, 0.25) is 0 Å². The highest BCUT2D eigenvalue weighted by Gasteiger charge is 2.20. The van der Waals surface area contributed by atoms with Crippen molar-refractivity contribution in [2.45, 2.75) is 6.42 Å². The molecular weight excluding hydrogens is 354 g/mol. The van der Waals surface area contributed by atoms with Crippen LogP contribution in [0.5, 0.6) is 5.75 Å². The fraction of sp³-hybridized carbons (Fsp3) is 0.318. The number of nitrogens with zero attached hydrogens (tertiary/aromatic N) is 1. The molecule has 2 aromatic carbocycles. The number of anilines is 2. The summed E-state index contributed by atoms with van der Waals surface area (Å²) >= 11 is 0. The standard InChI is InChI=1S/C22H25N3O3/c1-24-9-11-25(12-10-24)20-6-4-3-5-19(20)23-22(26)13-16-15-28-21-14-17(27-2)7-8-18(16)21/h3-8,14-15H,9-13H2,1-2H3,(H,23,26)/p+1. The summed E-state index contributed by atoms with van der Waals surface area (Å²) in [5.41, 5.74) is 3.55. The van der Waals surface area contributed by atoms with Crippen molar-refractivity contribution in [3.8, 4) is 5.75 Å². The lowest BCUT2D eigenvalue weighted by Gasteiger charge is -2.33. The number of ether oxygens (including phenoxy) is 1. The van der Waals surface area contributed by atoms with Crippen LogP contribution in [0.3, 0.4) is 0 Å². The van der Waals surface area contributed by atoms with Crippen LogP contribution in [0.4, 0.5) is 11.4 Å². The SMILES string of the molecule is COc1ccc2c(CC(=O)Nc3ccccc3N3CC[NH+](C)CC3)coc2c1. The first kappa shape index (κ1) is 18.4. The molecule has 3 aromatic rings. The number of furan rings is 1. The number of piperazine rings is 1. The number of nitrogens with one attached hydrogen (secondary N) is 2. The number of fused-ring (bicyclic) bond motifs is 1. The Hall–Kier alpha value is -2.99. The van der Waals surface area contributed by atoms with Gasteiger partial charge >= 0.3 is 0 Å². The second-order valence-corrected chi connectivity index (χ2v) is 7.31. The number of benzene rings is 2. The predicted molar refractivity (Wildman–Crippen MR) is 110 cm³/mol. The lowest BCUT2D eigenvalue weighted by Crippen LogP contribution is -3.12. The van der Waals surface area contributed by atoms with E-state index in [0.29, 0.717) is 0 Å². The summed E-state index contributed by atoms with van der Waals surface area (Å²) in [7, 11) is 3.84. The highest BCUT2D eigenvalue weighted by molar-refractivity contribution is 5.97.